The lowest BCUT2D eigenvalue weighted by Gasteiger charge is -2.09. The fraction of sp³-hybridized carbons (Fsp3) is 0.0500. The first-order chi connectivity index (χ1) is 13.3. The van der Waals surface area contributed by atoms with Crippen LogP contribution in [0.25, 0.3) is 16.4 Å². The highest BCUT2D eigenvalue weighted by Gasteiger charge is 2.20. The standard InChI is InChI=1S/C20H15N3O2S2/c1-25-16-11-9-14(10-12-16)19(24)27-20-22-21-18(17-8-5-13-26-17)23(20)15-6-3-2-4-7-15/h2-13H,1H3. The molecule has 0 aliphatic heterocycles. The van der Waals surface area contributed by atoms with E-state index in [9.17, 15) is 4.79 Å². The molecule has 0 spiro atoms. The van der Waals surface area contributed by atoms with Crippen LogP contribution >= 0.6 is 23.1 Å². The molecule has 0 saturated carbocycles. The van der Waals surface area contributed by atoms with Gasteiger partial charge in [0.1, 0.15) is 5.75 Å². The van der Waals surface area contributed by atoms with E-state index in [0.29, 0.717) is 16.5 Å². The topological polar surface area (TPSA) is 57.0 Å². The number of carbonyl (C=O) groups excluding carboxylic acids is 1. The van der Waals surface area contributed by atoms with Gasteiger partial charge in [-0.1, -0.05) is 24.3 Å². The quantitative estimate of drug-likeness (QED) is 0.450. The first-order valence-electron chi connectivity index (χ1n) is 8.17. The Morgan fingerprint density at radius 2 is 1.78 bits per heavy atom. The number of ether oxygens (including phenoxy) is 1. The third kappa shape index (κ3) is 3.65. The van der Waals surface area contributed by atoms with Gasteiger partial charge in [-0.05, 0) is 59.6 Å². The zero-order valence-corrected chi connectivity index (χ0v) is 16.0. The summed E-state index contributed by atoms with van der Waals surface area (Å²) in [6, 6.07) is 20.8. The molecule has 134 valence electrons. The lowest BCUT2D eigenvalue weighted by atomic mass is 10.2. The first-order valence-corrected chi connectivity index (χ1v) is 9.87. The van der Waals surface area contributed by atoms with E-state index in [4.69, 9.17) is 4.74 Å². The van der Waals surface area contributed by atoms with Crippen molar-refractivity contribution in [2.24, 2.45) is 0 Å². The molecule has 2 aromatic heterocycles. The van der Waals surface area contributed by atoms with E-state index in [-0.39, 0.29) is 5.12 Å². The van der Waals surface area contributed by atoms with Gasteiger partial charge in [-0.2, -0.15) is 0 Å². The molecule has 0 amide bonds. The Kier molecular flexibility index (Phi) is 5.04. The minimum absolute atomic E-state index is 0.0973. The zero-order valence-electron chi connectivity index (χ0n) is 14.4. The first kappa shape index (κ1) is 17.5. The third-order valence-electron chi connectivity index (χ3n) is 3.90. The van der Waals surface area contributed by atoms with E-state index >= 15 is 0 Å². The molecule has 0 radical (unpaired) electrons. The van der Waals surface area contributed by atoms with Gasteiger partial charge in [0, 0.05) is 11.3 Å². The Hall–Kier alpha value is -2.90. The van der Waals surface area contributed by atoms with Gasteiger partial charge in [-0.15, -0.1) is 21.5 Å². The molecule has 4 aromatic rings. The summed E-state index contributed by atoms with van der Waals surface area (Å²) in [6.45, 7) is 0. The lowest BCUT2D eigenvalue weighted by Crippen LogP contribution is -2.01. The maximum absolute atomic E-state index is 12.7. The summed E-state index contributed by atoms with van der Waals surface area (Å²) in [6.07, 6.45) is 0. The number of nitrogens with zero attached hydrogens (tertiary/aromatic N) is 3. The van der Waals surface area contributed by atoms with Crippen molar-refractivity contribution in [3.8, 4) is 22.1 Å². The molecular weight excluding hydrogens is 378 g/mol. The van der Waals surface area contributed by atoms with Crippen molar-refractivity contribution in [2.45, 2.75) is 5.16 Å². The Morgan fingerprint density at radius 1 is 1.00 bits per heavy atom. The van der Waals surface area contributed by atoms with E-state index in [1.54, 1.807) is 42.7 Å². The lowest BCUT2D eigenvalue weighted by molar-refractivity contribution is 0.108. The van der Waals surface area contributed by atoms with E-state index in [1.165, 1.54) is 0 Å². The van der Waals surface area contributed by atoms with Crippen LogP contribution in [0.2, 0.25) is 0 Å². The van der Waals surface area contributed by atoms with E-state index in [0.717, 1.165) is 28.2 Å². The van der Waals surface area contributed by atoms with Gasteiger partial charge in [0.25, 0.3) is 0 Å². The number of benzene rings is 2. The van der Waals surface area contributed by atoms with Crippen molar-refractivity contribution in [3.05, 3.63) is 77.7 Å². The third-order valence-corrected chi connectivity index (χ3v) is 5.63. The fourth-order valence-electron chi connectivity index (χ4n) is 2.58. The number of hydrogen-bond acceptors (Lipinski definition) is 6. The van der Waals surface area contributed by atoms with Crippen LogP contribution in [0.5, 0.6) is 5.75 Å². The van der Waals surface area contributed by atoms with Crippen molar-refractivity contribution < 1.29 is 9.53 Å². The summed E-state index contributed by atoms with van der Waals surface area (Å²) < 4.78 is 7.06. The molecule has 0 aliphatic carbocycles. The molecule has 0 N–H and O–H groups in total. The van der Waals surface area contributed by atoms with E-state index in [2.05, 4.69) is 10.2 Å². The minimum atomic E-state index is -0.0973. The average Bonchev–Trinajstić information content (AvgIpc) is 3.38. The van der Waals surface area contributed by atoms with Crippen molar-refractivity contribution in [1.82, 2.24) is 14.8 Å². The normalized spacial score (nSPS) is 10.7. The van der Waals surface area contributed by atoms with Crippen molar-refractivity contribution >= 4 is 28.2 Å². The number of thiophene rings is 1. The van der Waals surface area contributed by atoms with Gasteiger partial charge < -0.3 is 4.74 Å². The number of hydrogen-bond donors (Lipinski definition) is 0. The number of aromatic nitrogens is 3. The second-order valence-corrected chi connectivity index (χ2v) is 7.46. The SMILES string of the molecule is COc1ccc(C(=O)Sc2nnc(-c3cccs3)n2-c2ccccc2)cc1. The summed E-state index contributed by atoms with van der Waals surface area (Å²) >= 11 is 2.65. The van der Waals surface area contributed by atoms with Crippen LogP contribution < -0.4 is 4.74 Å². The van der Waals surface area contributed by atoms with Crippen LogP contribution in [0.3, 0.4) is 0 Å². The average molecular weight is 393 g/mol. The number of rotatable bonds is 5. The molecule has 5 nitrogen and oxygen atoms in total. The summed E-state index contributed by atoms with van der Waals surface area (Å²) in [4.78, 5) is 13.7. The van der Waals surface area contributed by atoms with Gasteiger partial charge in [0.2, 0.25) is 10.3 Å². The van der Waals surface area contributed by atoms with Crippen molar-refractivity contribution in [2.75, 3.05) is 7.11 Å². The zero-order chi connectivity index (χ0) is 18.6. The van der Waals surface area contributed by atoms with Gasteiger partial charge in [0.05, 0.1) is 12.0 Å². The van der Waals surface area contributed by atoms with E-state index < -0.39 is 0 Å². The molecule has 4 rings (SSSR count). The summed E-state index contributed by atoms with van der Waals surface area (Å²) in [5.41, 5.74) is 1.50. The van der Waals surface area contributed by atoms with E-state index in [1.807, 2.05) is 52.4 Å². The Labute approximate surface area is 164 Å². The van der Waals surface area contributed by atoms with Gasteiger partial charge in [-0.25, -0.2) is 0 Å². The number of para-hydroxylation sites is 1. The highest BCUT2D eigenvalue weighted by Crippen LogP contribution is 2.31. The van der Waals surface area contributed by atoms with Crippen molar-refractivity contribution in [1.29, 1.82) is 0 Å². The van der Waals surface area contributed by atoms with Crippen LogP contribution in [0.4, 0.5) is 0 Å². The monoisotopic (exact) mass is 393 g/mol. The molecule has 0 fully saturated rings. The minimum Gasteiger partial charge on any atom is -0.497 e. The molecule has 0 unspecified atom stereocenters. The Morgan fingerprint density at radius 3 is 2.44 bits per heavy atom. The molecular formula is C20H15N3O2S2. The van der Waals surface area contributed by atoms with Crippen LogP contribution in [-0.2, 0) is 0 Å². The second-order valence-electron chi connectivity index (χ2n) is 5.57. The number of methoxy groups -OCH3 is 1. The molecule has 0 aliphatic rings. The predicted octanol–water partition coefficient (Wildman–Crippen LogP) is 4.94. The predicted molar refractivity (Wildman–Crippen MR) is 108 cm³/mol. The fourth-order valence-corrected chi connectivity index (χ4v) is 4.06. The summed E-state index contributed by atoms with van der Waals surface area (Å²) in [7, 11) is 1.60. The smallest absolute Gasteiger partial charge is 0.227 e. The Bertz CT molecular complexity index is 1040. The Balaban J connectivity index is 1.71. The molecule has 7 heteroatoms. The molecule has 0 bridgehead atoms. The highest BCUT2D eigenvalue weighted by molar-refractivity contribution is 8.14. The molecule has 2 aromatic carbocycles. The van der Waals surface area contributed by atoms with Crippen LogP contribution in [0, 0.1) is 0 Å². The highest BCUT2D eigenvalue weighted by atomic mass is 32.2. The van der Waals surface area contributed by atoms with Crippen LogP contribution in [-0.4, -0.2) is 27.0 Å². The van der Waals surface area contributed by atoms with Crippen LogP contribution in [0.15, 0.2) is 77.3 Å². The molecule has 2 heterocycles. The maximum atomic E-state index is 12.7. The molecule has 0 saturated heterocycles. The van der Waals surface area contributed by atoms with Crippen molar-refractivity contribution in [3.63, 3.8) is 0 Å². The van der Waals surface area contributed by atoms with Gasteiger partial charge in [0.15, 0.2) is 5.82 Å². The molecule has 27 heavy (non-hydrogen) atoms. The summed E-state index contributed by atoms with van der Waals surface area (Å²) in [5, 5.41) is 11.1. The number of carbonyl (C=O) groups is 1. The largest absolute Gasteiger partial charge is 0.497 e. The molecule has 0 atom stereocenters. The summed E-state index contributed by atoms with van der Waals surface area (Å²) in [5.74, 6) is 1.44. The second kappa shape index (κ2) is 7.77. The van der Waals surface area contributed by atoms with Gasteiger partial charge in [-0.3, -0.25) is 9.36 Å². The van der Waals surface area contributed by atoms with Gasteiger partial charge >= 0.3 is 0 Å². The number of thioether (sulfide) groups is 1. The maximum Gasteiger partial charge on any atom is 0.227 e. The van der Waals surface area contributed by atoms with Crippen LogP contribution in [0.1, 0.15) is 10.4 Å².